The Morgan fingerprint density at radius 2 is 2.13 bits per heavy atom. The van der Waals surface area contributed by atoms with Gasteiger partial charge in [-0.15, -0.1) is 10.2 Å². The van der Waals surface area contributed by atoms with Crippen molar-refractivity contribution in [3.63, 3.8) is 0 Å². The van der Waals surface area contributed by atoms with Crippen molar-refractivity contribution in [2.24, 2.45) is 5.73 Å². The molecule has 1 unspecified atom stereocenters. The lowest BCUT2D eigenvalue weighted by molar-refractivity contribution is 0.591. The van der Waals surface area contributed by atoms with E-state index in [0.717, 1.165) is 30.4 Å². The molecule has 0 amide bonds. The molecule has 0 saturated carbocycles. The summed E-state index contributed by atoms with van der Waals surface area (Å²) in [4.78, 5) is 0. The second-order valence-electron chi connectivity index (χ2n) is 3.59. The van der Waals surface area contributed by atoms with E-state index in [2.05, 4.69) is 35.5 Å². The fraction of sp³-hybridized carbons (Fsp3) is 0.800. The Kier molecular flexibility index (Phi) is 5.11. The first-order valence-electron chi connectivity index (χ1n) is 5.51. The molecule has 0 radical (unpaired) electrons. The van der Waals surface area contributed by atoms with Gasteiger partial charge in [0.15, 0.2) is 5.16 Å². The second-order valence-corrected chi connectivity index (χ2v) is 5.00. The third-order valence-corrected chi connectivity index (χ3v) is 3.55. The Morgan fingerprint density at radius 1 is 1.40 bits per heavy atom. The quantitative estimate of drug-likeness (QED) is 0.757. The molecule has 1 atom stereocenters. The Hall–Kier alpha value is -0.550. The van der Waals surface area contributed by atoms with E-state index in [4.69, 9.17) is 5.73 Å². The fourth-order valence-electron chi connectivity index (χ4n) is 1.27. The Bertz CT molecular complexity index is 298. The van der Waals surface area contributed by atoms with Gasteiger partial charge in [0.1, 0.15) is 5.82 Å². The van der Waals surface area contributed by atoms with Crippen LogP contribution in [0.2, 0.25) is 0 Å². The lowest BCUT2D eigenvalue weighted by Crippen LogP contribution is -2.10. The number of rotatable bonds is 6. The summed E-state index contributed by atoms with van der Waals surface area (Å²) < 4.78 is 2.14. The van der Waals surface area contributed by atoms with E-state index in [1.54, 1.807) is 11.8 Å². The van der Waals surface area contributed by atoms with Crippen LogP contribution >= 0.6 is 11.8 Å². The molecule has 0 fully saturated rings. The molecule has 2 N–H and O–H groups in total. The molecule has 1 aromatic rings. The van der Waals surface area contributed by atoms with Crippen LogP contribution in [-0.4, -0.2) is 20.0 Å². The molecular weight excluding hydrogens is 208 g/mol. The van der Waals surface area contributed by atoms with Crippen LogP contribution in [0.1, 0.15) is 39.4 Å². The van der Waals surface area contributed by atoms with E-state index < -0.39 is 0 Å². The maximum Gasteiger partial charge on any atom is 0.191 e. The standard InChI is InChI=1S/C10H20N4S/c1-4-6-14-9(7-11)12-13-10(14)15-8(3)5-2/h8H,4-7,11H2,1-3H3. The van der Waals surface area contributed by atoms with E-state index in [-0.39, 0.29) is 0 Å². The minimum Gasteiger partial charge on any atom is -0.324 e. The van der Waals surface area contributed by atoms with Gasteiger partial charge in [0.25, 0.3) is 0 Å². The number of aromatic nitrogens is 3. The molecule has 1 aromatic heterocycles. The predicted octanol–water partition coefficient (Wildman–Crippen LogP) is 2.04. The van der Waals surface area contributed by atoms with Gasteiger partial charge >= 0.3 is 0 Å². The lowest BCUT2D eigenvalue weighted by atomic mass is 10.4. The normalized spacial score (nSPS) is 13.1. The van der Waals surface area contributed by atoms with Crippen molar-refractivity contribution in [2.75, 3.05) is 0 Å². The molecule has 4 nitrogen and oxygen atoms in total. The molecule has 5 heteroatoms. The van der Waals surface area contributed by atoms with E-state index in [9.17, 15) is 0 Å². The van der Waals surface area contributed by atoms with Crippen molar-refractivity contribution in [1.82, 2.24) is 14.8 Å². The van der Waals surface area contributed by atoms with E-state index >= 15 is 0 Å². The number of hydrogen-bond acceptors (Lipinski definition) is 4. The smallest absolute Gasteiger partial charge is 0.191 e. The molecule has 0 saturated heterocycles. The summed E-state index contributed by atoms with van der Waals surface area (Å²) in [5.41, 5.74) is 5.62. The molecule has 0 aliphatic carbocycles. The van der Waals surface area contributed by atoms with Gasteiger partial charge in [-0.1, -0.05) is 32.5 Å². The summed E-state index contributed by atoms with van der Waals surface area (Å²) in [5.74, 6) is 0.891. The Morgan fingerprint density at radius 3 is 2.67 bits per heavy atom. The molecule has 0 aliphatic rings. The zero-order chi connectivity index (χ0) is 11.3. The van der Waals surface area contributed by atoms with Crippen LogP contribution in [0.4, 0.5) is 0 Å². The third-order valence-electron chi connectivity index (χ3n) is 2.30. The van der Waals surface area contributed by atoms with Crippen molar-refractivity contribution < 1.29 is 0 Å². The van der Waals surface area contributed by atoms with Crippen LogP contribution in [0.25, 0.3) is 0 Å². The largest absolute Gasteiger partial charge is 0.324 e. The Balaban J connectivity index is 2.81. The molecule has 86 valence electrons. The fourth-order valence-corrected chi connectivity index (χ4v) is 2.21. The van der Waals surface area contributed by atoms with Crippen molar-refractivity contribution >= 4 is 11.8 Å². The zero-order valence-corrected chi connectivity index (χ0v) is 10.5. The highest BCUT2D eigenvalue weighted by Gasteiger charge is 2.12. The number of nitrogens with zero attached hydrogens (tertiary/aromatic N) is 3. The monoisotopic (exact) mass is 228 g/mol. The highest BCUT2D eigenvalue weighted by Crippen LogP contribution is 2.24. The molecular formula is C10H20N4S. The van der Waals surface area contributed by atoms with Gasteiger partial charge in [-0.05, 0) is 12.8 Å². The van der Waals surface area contributed by atoms with Crippen molar-refractivity contribution in [1.29, 1.82) is 0 Å². The average Bonchev–Trinajstić information content (AvgIpc) is 2.61. The van der Waals surface area contributed by atoms with Crippen molar-refractivity contribution in [3.05, 3.63) is 5.82 Å². The first-order valence-corrected chi connectivity index (χ1v) is 6.39. The van der Waals surface area contributed by atoms with Crippen LogP contribution in [-0.2, 0) is 13.1 Å². The van der Waals surface area contributed by atoms with Crippen molar-refractivity contribution in [3.8, 4) is 0 Å². The van der Waals surface area contributed by atoms with Crippen LogP contribution in [0.5, 0.6) is 0 Å². The highest BCUT2D eigenvalue weighted by atomic mass is 32.2. The zero-order valence-electron chi connectivity index (χ0n) is 9.73. The van der Waals surface area contributed by atoms with Gasteiger partial charge < -0.3 is 10.3 Å². The van der Waals surface area contributed by atoms with Crippen LogP contribution in [0, 0.1) is 0 Å². The third kappa shape index (κ3) is 3.21. The van der Waals surface area contributed by atoms with E-state index in [0.29, 0.717) is 11.8 Å². The summed E-state index contributed by atoms with van der Waals surface area (Å²) in [7, 11) is 0. The molecule has 15 heavy (non-hydrogen) atoms. The predicted molar refractivity (Wildman–Crippen MR) is 63.8 cm³/mol. The molecule has 0 aromatic carbocycles. The molecule has 0 aliphatic heterocycles. The summed E-state index contributed by atoms with van der Waals surface area (Å²) in [6.07, 6.45) is 2.22. The average molecular weight is 228 g/mol. The lowest BCUT2D eigenvalue weighted by Gasteiger charge is -2.10. The minimum absolute atomic E-state index is 0.466. The van der Waals surface area contributed by atoms with Crippen molar-refractivity contribution in [2.45, 2.75) is 57.1 Å². The maximum atomic E-state index is 5.62. The molecule has 0 spiro atoms. The summed E-state index contributed by atoms with van der Waals surface area (Å²) in [6.45, 7) is 7.96. The van der Waals surface area contributed by atoms with Gasteiger partial charge in [0.05, 0.1) is 6.54 Å². The Labute approximate surface area is 95.6 Å². The number of nitrogens with two attached hydrogens (primary N) is 1. The molecule has 1 heterocycles. The molecule has 1 rings (SSSR count). The van der Waals surface area contributed by atoms with Gasteiger partial charge in [0, 0.05) is 11.8 Å². The van der Waals surface area contributed by atoms with Crippen LogP contribution in [0.15, 0.2) is 5.16 Å². The summed E-state index contributed by atoms with van der Waals surface area (Å²) >= 11 is 1.78. The maximum absolute atomic E-state index is 5.62. The van der Waals surface area contributed by atoms with Gasteiger partial charge in [-0.25, -0.2) is 0 Å². The second kappa shape index (κ2) is 6.12. The van der Waals surface area contributed by atoms with Crippen LogP contribution < -0.4 is 5.73 Å². The van der Waals surface area contributed by atoms with Crippen LogP contribution in [0.3, 0.4) is 0 Å². The number of thioether (sulfide) groups is 1. The van der Waals surface area contributed by atoms with Gasteiger partial charge in [0.2, 0.25) is 0 Å². The van der Waals surface area contributed by atoms with E-state index in [1.807, 2.05) is 0 Å². The highest BCUT2D eigenvalue weighted by molar-refractivity contribution is 7.99. The number of hydrogen-bond donors (Lipinski definition) is 1. The SMILES string of the molecule is CCCn1c(CN)nnc1SC(C)CC. The van der Waals surface area contributed by atoms with E-state index in [1.165, 1.54) is 0 Å². The first kappa shape index (κ1) is 12.5. The first-order chi connectivity index (χ1) is 7.22. The summed E-state index contributed by atoms with van der Waals surface area (Å²) in [6, 6.07) is 0. The van der Waals surface area contributed by atoms with Gasteiger partial charge in [-0.2, -0.15) is 0 Å². The summed E-state index contributed by atoms with van der Waals surface area (Å²) in [5, 5.41) is 9.88. The molecule has 0 bridgehead atoms. The topological polar surface area (TPSA) is 56.7 Å². The van der Waals surface area contributed by atoms with Gasteiger partial charge in [-0.3, -0.25) is 0 Å². The minimum atomic E-state index is 0.466.